The van der Waals surface area contributed by atoms with E-state index in [-0.39, 0.29) is 24.7 Å². The normalized spacial score (nSPS) is 18.5. The van der Waals surface area contributed by atoms with E-state index >= 15 is 0 Å². The number of ether oxygens (including phenoxy) is 3. The summed E-state index contributed by atoms with van der Waals surface area (Å²) < 4.78 is 17.0. The van der Waals surface area contributed by atoms with Crippen molar-refractivity contribution in [2.24, 2.45) is 5.92 Å². The number of methoxy groups -OCH3 is 1. The predicted octanol–water partition coefficient (Wildman–Crippen LogP) is 7.28. The number of benzene rings is 3. The summed E-state index contributed by atoms with van der Waals surface area (Å²) in [5, 5.41) is 10.3. The van der Waals surface area contributed by atoms with Crippen LogP contribution in [0.25, 0.3) is 0 Å². The fraction of sp³-hybridized carbons (Fsp3) is 0.341. The number of nitrogens with zero attached hydrogens (tertiary/aromatic N) is 4. The van der Waals surface area contributed by atoms with Gasteiger partial charge < -0.3 is 24.2 Å². The summed E-state index contributed by atoms with van der Waals surface area (Å²) in [5.41, 5.74) is 1.61. The van der Waals surface area contributed by atoms with Crippen LogP contribution >= 0.6 is 0 Å². The Balaban J connectivity index is 1.15. The van der Waals surface area contributed by atoms with Crippen LogP contribution in [0.1, 0.15) is 56.2 Å². The molecule has 0 aliphatic carbocycles. The zero-order chi connectivity index (χ0) is 37.7. The number of carbonyl (C=O) groups is 4. The lowest BCUT2D eigenvalue weighted by molar-refractivity contribution is -0.166. The predicted molar refractivity (Wildman–Crippen MR) is 197 cm³/mol. The number of carboxylic acid groups (broad SMARTS) is 1. The van der Waals surface area contributed by atoms with Crippen molar-refractivity contribution in [2.45, 2.75) is 64.1 Å². The van der Waals surface area contributed by atoms with Gasteiger partial charge in [-0.1, -0.05) is 42.5 Å². The van der Waals surface area contributed by atoms with Gasteiger partial charge in [-0.05, 0) is 105 Å². The summed E-state index contributed by atoms with van der Waals surface area (Å²) in [5.74, 6) is -0.459. The molecule has 3 atom stereocenters. The van der Waals surface area contributed by atoms with E-state index in [2.05, 4.69) is 4.98 Å². The van der Waals surface area contributed by atoms with Crippen molar-refractivity contribution in [3.05, 3.63) is 114 Å². The molecule has 3 heterocycles. The van der Waals surface area contributed by atoms with Gasteiger partial charge in [-0.25, -0.2) is 24.3 Å². The highest BCUT2D eigenvalue weighted by atomic mass is 16.6. The lowest BCUT2D eigenvalue weighted by Gasteiger charge is -2.46. The lowest BCUT2D eigenvalue weighted by Crippen LogP contribution is -2.69. The number of aliphatic carboxylic acids is 1. The third-order valence-electron chi connectivity index (χ3n) is 9.33. The van der Waals surface area contributed by atoms with Crippen LogP contribution in [0.2, 0.25) is 0 Å². The van der Waals surface area contributed by atoms with Crippen molar-refractivity contribution in [3.8, 4) is 17.2 Å². The second-order valence-corrected chi connectivity index (χ2v) is 14.3. The fourth-order valence-corrected chi connectivity index (χ4v) is 6.73. The van der Waals surface area contributed by atoms with Crippen LogP contribution in [0.4, 0.5) is 15.4 Å². The van der Waals surface area contributed by atoms with Gasteiger partial charge >= 0.3 is 18.1 Å². The Kier molecular flexibility index (Phi) is 11.0. The summed E-state index contributed by atoms with van der Waals surface area (Å²) in [4.78, 5) is 61.7. The molecule has 1 unspecified atom stereocenters. The molecular formula is C41H44N4O8. The van der Waals surface area contributed by atoms with E-state index in [0.29, 0.717) is 42.3 Å². The highest BCUT2D eigenvalue weighted by molar-refractivity contribution is 6.07. The molecule has 1 aromatic heterocycles. The average molecular weight is 721 g/mol. The molecule has 2 aliphatic heterocycles. The number of amides is 4. The third kappa shape index (κ3) is 8.77. The molecule has 1 N–H and O–H groups in total. The molecule has 0 saturated carbocycles. The molecule has 2 aliphatic rings. The van der Waals surface area contributed by atoms with Crippen LogP contribution in [0, 0.1) is 5.92 Å². The van der Waals surface area contributed by atoms with Crippen LogP contribution < -0.4 is 14.4 Å². The molecule has 0 bridgehead atoms. The molecular weight excluding hydrogens is 676 g/mol. The van der Waals surface area contributed by atoms with E-state index in [9.17, 15) is 24.3 Å². The Morgan fingerprint density at radius 2 is 1.64 bits per heavy atom. The molecule has 53 heavy (non-hydrogen) atoms. The maximum Gasteiger partial charge on any atom is 0.416 e. The molecule has 2 fully saturated rings. The Hall–Kier alpha value is -5.91. The Labute approximate surface area is 308 Å². The Bertz CT molecular complexity index is 1950. The van der Waals surface area contributed by atoms with Gasteiger partial charge in [-0.15, -0.1) is 0 Å². The smallest absolute Gasteiger partial charge is 0.416 e. The largest absolute Gasteiger partial charge is 0.497 e. The van der Waals surface area contributed by atoms with Gasteiger partial charge in [-0.3, -0.25) is 9.69 Å². The molecule has 12 heteroatoms. The van der Waals surface area contributed by atoms with Crippen molar-refractivity contribution < 1.29 is 38.5 Å². The number of carboxylic acids is 1. The van der Waals surface area contributed by atoms with E-state index < -0.39 is 41.6 Å². The number of β-lactam (4-membered cyclic amide) rings is 1. The number of hydrogen-bond acceptors (Lipinski definition) is 8. The monoisotopic (exact) mass is 720 g/mol. The van der Waals surface area contributed by atoms with E-state index in [1.165, 1.54) is 11.1 Å². The number of anilines is 1. The molecule has 6 rings (SSSR count). The molecule has 0 spiro atoms. The number of hydrogen-bond donors (Lipinski definition) is 1. The molecule has 4 amide bonds. The first-order valence-corrected chi connectivity index (χ1v) is 17.7. The second kappa shape index (κ2) is 15.8. The minimum Gasteiger partial charge on any atom is -0.497 e. The topological polar surface area (TPSA) is 139 Å². The first kappa shape index (κ1) is 36.9. The summed E-state index contributed by atoms with van der Waals surface area (Å²) in [6.45, 7) is 6.20. The van der Waals surface area contributed by atoms with E-state index in [1.807, 2.05) is 66.7 Å². The number of aromatic nitrogens is 1. The van der Waals surface area contributed by atoms with Crippen molar-refractivity contribution in [3.63, 3.8) is 0 Å². The SMILES string of the molecule is COc1ccc(CN(C(=O)OC(C)(C)C)c2cc(C[C@H]3C(=O)N(C(=O)N4CCCC(c5cccc(Oc6ccccc6)c5)C4)[C@@H]3C(=O)O)ccn2)cc1. The number of imide groups is 1. The fourth-order valence-electron chi connectivity index (χ4n) is 6.73. The summed E-state index contributed by atoms with van der Waals surface area (Å²) in [6.07, 6.45) is 2.46. The molecule has 0 radical (unpaired) electrons. The number of rotatable bonds is 10. The van der Waals surface area contributed by atoms with Crippen LogP contribution in [0.5, 0.6) is 17.2 Å². The zero-order valence-electron chi connectivity index (χ0n) is 30.3. The molecule has 4 aromatic rings. The van der Waals surface area contributed by atoms with Gasteiger partial charge in [-0.2, -0.15) is 0 Å². The van der Waals surface area contributed by atoms with Gasteiger partial charge in [0.2, 0.25) is 5.91 Å². The Morgan fingerprint density at radius 1 is 0.906 bits per heavy atom. The van der Waals surface area contributed by atoms with Crippen LogP contribution in [0.15, 0.2) is 97.2 Å². The minimum absolute atomic E-state index is 0.0106. The summed E-state index contributed by atoms with van der Waals surface area (Å²) in [6, 6.07) is 25.8. The van der Waals surface area contributed by atoms with Gasteiger partial charge in [0.25, 0.3) is 0 Å². The van der Waals surface area contributed by atoms with Gasteiger partial charge in [0, 0.05) is 25.2 Å². The van der Waals surface area contributed by atoms with Crippen molar-refractivity contribution in [1.82, 2.24) is 14.8 Å². The number of urea groups is 1. The quantitative estimate of drug-likeness (QED) is 0.168. The van der Waals surface area contributed by atoms with Gasteiger partial charge in [0.1, 0.15) is 28.7 Å². The number of likely N-dealkylation sites (tertiary alicyclic amines) is 2. The van der Waals surface area contributed by atoms with Crippen molar-refractivity contribution >= 4 is 29.8 Å². The number of piperidine rings is 1. The summed E-state index contributed by atoms with van der Waals surface area (Å²) in [7, 11) is 1.57. The Morgan fingerprint density at radius 3 is 2.34 bits per heavy atom. The van der Waals surface area contributed by atoms with E-state index in [0.717, 1.165) is 22.4 Å². The summed E-state index contributed by atoms with van der Waals surface area (Å²) >= 11 is 0. The van der Waals surface area contributed by atoms with Crippen LogP contribution in [-0.4, -0.2) is 75.7 Å². The van der Waals surface area contributed by atoms with E-state index in [4.69, 9.17) is 14.2 Å². The third-order valence-corrected chi connectivity index (χ3v) is 9.33. The number of carbonyl (C=O) groups excluding carboxylic acids is 3. The molecule has 3 aromatic carbocycles. The molecule has 276 valence electrons. The van der Waals surface area contributed by atoms with E-state index in [1.54, 1.807) is 57.0 Å². The van der Waals surface area contributed by atoms with Crippen LogP contribution in [-0.2, 0) is 27.3 Å². The van der Waals surface area contributed by atoms with Gasteiger partial charge in [0.15, 0.2) is 6.04 Å². The maximum absolute atomic E-state index is 13.8. The number of para-hydroxylation sites is 1. The van der Waals surface area contributed by atoms with Gasteiger partial charge in [0.05, 0.1) is 19.6 Å². The average Bonchev–Trinajstić information content (AvgIpc) is 3.14. The van der Waals surface area contributed by atoms with Crippen LogP contribution in [0.3, 0.4) is 0 Å². The first-order valence-electron chi connectivity index (χ1n) is 17.7. The second-order valence-electron chi connectivity index (χ2n) is 14.3. The highest BCUT2D eigenvalue weighted by Gasteiger charge is 2.55. The number of pyridine rings is 1. The lowest BCUT2D eigenvalue weighted by atomic mass is 9.82. The highest BCUT2D eigenvalue weighted by Crippen LogP contribution is 2.36. The van der Waals surface area contributed by atoms with Crippen molar-refractivity contribution in [2.75, 3.05) is 25.1 Å². The van der Waals surface area contributed by atoms with Crippen molar-refractivity contribution in [1.29, 1.82) is 0 Å². The standard InChI is InChI=1S/C41H44N4O8/c1-41(2,3)53-40(50)44(25-27-15-17-31(51-4)18-16-27)35-23-28(19-20-42-35)22-34-36(38(47)48)45(37(34)46)39(49)43-21-9-11-30(26-43)29-10-8-14-33(24-29)52-32-12-6-5-7-13-32/h5-8,10,12-20,23-24,30,34,36H,9,11,21-22,25-26H2,1-4H3,(H,47,48)/t30?,34-,36+/m1/s1. The molecule has 2 saturated heterocycles. The first-order chi connectivity index (χ1) is 25.4. The minimum atomic E-state index is -1.34. The zero-order valence-corrected chi connectivity index (χ0v) is 30.3. The maximum atomic E-state index is 13.8. The molecule has 12 nitrogen and oxygen atoms in total.